The van der Waals surface area contributed by atoms with Crippen molar-refractivity contribution in [3.63, 3.8) is 0 Å². The lowest BCUT2D eigenvalue weighted by atomic mass is 9.88. The molecule has 5 aromatic rings. The van der Waals surface area contributed by atoms with E-state index in [1.165, 1.54) is 27.9 Å². The van der Waals surface area contributed by atoms with Crippen LogP contribution in [-0.4, -0.2) is 9.55 Å². The first kappa shape index (κ1) is 22.9. The van der Waals surface area contributed by atoms with Gasteiger partial charge in [-0.25, -0.2) is 4.98 Å². The van der Waals surface area contributed by atoms with Crippen LogP contribution in [0.4, 0.5) is 0 Å². The molecule has 4 aromatic carbocycles. The topological polar surface area (TPSA) is 17.8 Å². The zero-order valence-electron chi connectivity index (χ0n) is 20.9. The van der Waals surface area contributed by atoms with E-state index in [2.05, 4.69) is 142 Å². The molecule has 0 fully saturated rings. The van der Waals surface area contributed by atoms with E-state index in [1.807, 2.05) is 0 Å². The number of rotatable bonds is 6. The Kier molecular flexibility index (Phi) is 6.37. The van der Waals surface area contributed by atoms with Crippen molar-refractivity contribution in [2.75, 3.05) is 0 Å². The first-order valence-electron chi connectivity index (χ1n) is 12.5. The highest BCUT2D eigenvalue weighted by molar-refractivity contribution is 5.73. The highest BCUT2D eigenvalue weighted by Gasteiger charge is 2.22. The van der Waals surface area contributed by atoms with Gasteiger partial charge in [0.1, 0.15) is 5.82 Å². The Hall–Kier alpha value is -3.91. The molecule has 2 heteroatoms. The number of imidazole rings is 1. The van der Waals surface area contributed by atoms with Crippen molar-refractivity contribution in [3.8, 4) is 39.5 Å². The maximum absolute atomic E-state index is 5.17. The molecular weight excluding hydrogens is 424 g/mol. The predicted octanol–water partition coefficient (Wildman–Crippen LogP) is 9.12. The minimum absolute atomic E-state index is 0.359. The third-order valence-corrected chi connectivity index (χ3v) is 6.57. The number of hydrogen-bond donors (Lipinski definition) is 0. The van der Waals surface area contributed by atoms with Crippen LogP contribution in [0.25, 0.3) is 39.5 Å². The Morgan fingerprint density at radius 3 is 1.49 bits per heavy atom. The molecule has 0 aliphatic rings. The van der Waals surface area contributed by atoms with Gasteiger partial charge in [-0.15, -0.1) is 0 Å². The van der Waals surface area contributed by atoms with Crippen molar-refractivity contribution in [1.29, 1.82) is 0 Å². The van der Waals surface area contributed by atoms with Gasteiger partial charge >= 0.3 is 0 Å². The minimum Gasteiger partial charge on any atom is -0.299 e. The van der Waals surface area contributed by atoms with Gasteiger partial charge in [-0.05, 0) is 46.2 Å². The Labute approximate surface area is 208 Å². The van der Waals surface area contributed by atoms with Gasteiger partial charge in [0.25, 0.3) is 0 Å². The number of nitrogens with zero attached hydrogens (tertiary/aromatic N) is 2. The van der Waals surface area contributed by atoms with Gasteiger partial charge in [0.2, 0.25) is 0 Å². The molecule has 0 saturated carbocycles. The van der Waals surface area contributed by atoms with Crippen LogP contribution in [0, 0.1) is 0 Å². The molecule has 0 saturated heterocycles. The second-order valence-electron chi connectivity index (χ2n) is 9.73. The van der Waals surface area contributed by atoms with Crippen LogP contribution >= 0.6 is 0 Å². The van der Waals surface area contributed by atoms with E-state index < -0.39 is 0 Å². The molecule has 0 spiro atoms. The lowest BCUT2D eigenvalue weighted by Crippen LogP contribution is -2.08. The van der Waals surface area contributed by atoms with Gasteiger partial charge in [-0.2, -0.15) is 0 Å². The molecule has 1 heterocycles. The average Bonchev–Trinajstić information content (AvgIpc) is 3.34. The normalized spacial score (nSPS) is 11.4. The zero-order chi connectivity index (χ0) is 24.4. The monoisotopic (exact) mass is 456 g/mol. The molecule has 0 bridgehead atoms. The molecule has 0 aliphatic carbocycles. The number of aromatic nitrogens is 2. The second kappa shape index (κ2) is 9.76. The third kappa shape index (κ3) is 4.57. The molecule has 2 nitrogen and oxygen atoms in total. The summed E-state index contributed by atoms with van der Waals surface area (Å²) in [5.74, 6) is 1.69. The fraction of sp³-hybridized carbons (Fsp3) is 0.182. The zero-order valence-corrected chi connectivity index (χ0v) is 20.9. The summed E-state index contributed by atoms with van der Waals surface area (Å²) >= 11 is 0. The Morgan fingerprint density at radius 2 is 1.00 bits per heavy atom. The van der Waals surface area contributed by atoms with Gasteiger partial charge in [-0.3, -0.25) is 4.57 Å². The molecule has 0 amide bonds. The van der Waals surface area contributed by atoms with Crippen LogP contribution < -0.4 is 0 Å². The van der Waals surface area contributed by atoms with Gasteiger partial charge in [0.15, 0.2) is 0 Å². The van der Waals surface area contributed by atoms with E-state index in [0.717, 1.165) is 22.6 Å². The molecule has 0 aliphatic heterocycles. The first-order valence-corrected chi connectivity index (χ1v) is 12.5. The van der Waals surface area contributed by atoms with E-state index in [0.29, 0.717) is 11.8 Å². The predicted molar refractivity (Wildman–Crippen MR) is 148 cm³/mol. The molecule has 1 aromatic heterocycles. The fourth-order valence-corrected chi connectivity index (χ4v) is 4.73. The number of hydrogen-bond acceptors (Lipinski definition) is 1. The summed E-state index contributed by atoms with van der Waals surface area (Å²) in [5, 5.41) is 0. The maximum atomic E-state index is 5.17. The molecule has 0 N–H and O–H groups in total. The van der Waals surface area contributed by atoms with Gasteiger partial charge in [0.05, 0.1) is 11.4 Å². The summed E-state index contributed by atoms with van der Waals surface area (Å²) < 4.78 is 2.33. The molecule has 35 heavy (non-hydrogen) atoms. The van der Waals surface area contributed by atoms with Crippen molar-refractivity contribution in [1.82, 2.24) is 9.55 Å². The van der Waals surface area contributed by atoms with Gasteiger partial charge in [-0.1, -0.05) is 119 Å². The lowest BCUT2D eigenvalue weighted by molar-refractivity contribution is 0.807. The summed E-state index contributed by atoms with van der Waals surface area (Å²) in [6.07, 6.45) is 2.22. The summed E-state index contributed by atoms with van der Waals surface area (Å²) in [6.45, 7) is 9.15. The molecule has 5 rings (SSSR count). The van der Waals surface area contributed by atoms with E-state index in [1.54, 1.807) is 0 Å². The van der Waals surface area contributed by atoms with E-state index >= 15 is 0 Å². The van der Waals surface area contributed by atoms with E-state index in [-0.39, 0.29) is 0 Å². The van der Waals surface area contributed by atoms with Crippen molar-refractivity contribution in [2.24, 2.45) is 0 Å². The lowest BCUT2D eigenvalue weighted by Gasteiger charge is -2.23. The standard InChI is InChI=1S/C33H32N2/c1-23(2)29-20-28(25-14-8-5-9-15-25)21-30(24(3)4)32(29)35-22-31(26-16-10-6-11-17-26)34-33(35)27-18-12-7-13-19-27/h5-24H,1-4H3. The molecule has 0 atom stereocenters. The Balaban J connectivity index is 1.81. The largest absolute Gasteiger partial charge is 0.299 e. The van der Waals surface area contributed by atoms with Gasteiger partial charge in [0, 0.05) is 17.3 Å². The SMILES string of the molecule is CC(C)c1cc(-c2ccccc2)cc(C(C)C)c1-n1cc(-c2ccccc2)nc1-c1ccccc1. The summed E-state index contributed by atoms with van der Waals surface area (Å²) in [5.41, 5.74) is 9.68. The van der Waals surface area contributed by atoms with Crippen molar-refractivity contribution >= 4 is 0 Å². The quantitative estimate of drug-likeness (QED) is 0.249. The van der Waals surface area contributed by atoms with E-state index in [4.69, 9.17) is 4.98 Å². The molecular formula is C33H32N2. The highest BCUT2D eigenvalue weighted by atomic mass is 15.1. The van der Waals surface area contributed by atoms with E-state index in [9.17, 15) is 0 Å². The van der Waals surface area contributed by atoms with Crippen LogP contribution in [0.5, 0.6) is 0 Å². The second-order valence-corrected chi connectivity index (χ2v) is 9.73. The summed E-state index contributed by atoms with van der Waals surface area (Å²) in [7, 11) is 0. The molecule has 0 radical (unpaired) electrons. The van der Waals surface area contributed by atoms with Crippen LogP contribution in [0.3, 0.4) is 0 Å². The smallest absolute Gasteiger partial charge is 0.145 e. The fourth-order valence-electron chi connectivity index (χ4n) is 4.73. The Morgan fingerprint density at radius 1 is 0.543 bits per heavy atom. The average molecular weight is 457 g/mol. The van der Waals surface area contributed by atoms with Crippen LogP contribution in [0.2, 0.25) is 0 Å². The third-order valence-electron chi connectivity index (χ3n) is 6.57. The first-order chi connectivity index (χ1) is 17.0. The van der Waals surface area contributed by atoms with Crippen LogP contribution in [0.15, 0.2) is 109 Å². The summed E-state index contributed by atoms with van der Waals surface area (Å²) in [4.78, 5) is 5.17. The number of benzene rings is 4. The molecule has 174 valence electrons. The maximum Gasteiger partial charge on any atom is 0.145 e. The summed E-state index contributed by atoms with van der Waals surface area (Å²) in [6, 6.07) is 36.4. The van der Waals surface area contributed by atoms with Crippen LogP contribution in [0.1, 0.15) is 50.7 Å². The Bertz CT molecular complexity index is 1380. The molecule has 0 unspecified atom stereocenters. The highest BCUT2D eigenvalue weighted by Crippen LogP contribution is 2.39. The van der Waals surface area contributed by atoms with Crippen LogP contribution in [-0.2, 0) is 0 Å². The minimum atomic E-state index is 0.359. The van der Waals surface area contributed by atoms with Crippen molar-refractivity contribution in [3.05, 3.63) is 120 Å². The van der Waals surface area contributed by atoms with Crippen molar-refractivity contribution < 1.29 is 0 Å². The van der Waals surface area contributed by atoms with Crippen molar-refractivity contribution in [2.45, 2.75) is 39.5 Å². The van der Waals surface area contributed by atoms with Gasteiger partial charge < -0.3 is 0 Å².